The zero-order valence-electron chi connectivity index (χ0n) is 9.60. The number of hydrogen-bond acceptors (Lipinski definition) is 4. The van der Waals surface area contributed by atoms with Gasteiger partial charge in [-0.2, -0.15) is 0 Å². The minimum Gasteiger partial charge on any atom is -0.433 e. The third kappa shape index (κ3) is 5.36. The van der Waals surface area contributed by atoms with Crippen LogP contribution >= 0.6 is 0 Å². The molecule has 1 aromatic carbocycles. The van der Waals surface area contributed by atoms with Crippen LogP contribution in [0.5, 0.6) is 5.75 Å². The third-order valence-electron chi connectivity index (χ3n) is 1.82. The average Bonchev–Trinajstić information content (AvgIpc) is 2.25. The first kappa shape index (κ1) is 12.5. The molecular formula is C12H17NO3. The Morgan fingerprint density at radius 3 is 2.62 bits per heavy atom. The van der Waals surface area contributed by atoms with Gasteiger partial charge in [-0.05, 0) is 12.1 Å². The topological polar surface area (TPSA) is 47.6 Å². The summed E-state index contributed by atoms with van der Waals surface area (Å²) < 4.78 is 9.81. The molecule has 0 aliphatic heterocycles. The van der Waals surface area contributed by atoms with E-state index < -0.39 is 6.16 Å². The molecule has 4 nitrogen and oxygen atoms in total. The van der Waals surface area contributed by atoms with Gasteiger partial charge >= 0.3 is 6.16 Å². The number of benzene rings is 1. The van der Waals surface area contributed by atoms with Crippen LogP contribution in [0.3, 0.4) is 0 Å². The summed E-state index contributed by atoms with van der Waals surface area (Å²) in [4.78, 5) is 11.2. The smallest absolute Gasteiger partial charge is 0.433 e. The van der Waals surface area contributed by atoms with Crippen LogP contribution in [0, 0.1) is 0 Å². The SMILES string of the molecule is CC(C)NCCOC(=O)Oc1ccccc1. The Labute approximate surface area is 95.6 Å². The average molecular weight is 223 g/mol. The lowest BCUT2D eigenvalue weighted by atomic mass is 10.3. The molecule has 0 heterocycles. The van der Waals surface area contributed by atoms with Crippen molar-refractivity contribution in [2.75, 3.05) is 13.2 Å². The predicted octanol–water partition coefficient (Wildman–Crippen LogP) is 2.20. The Bertz CT molecular complexity index is 311. The van der Waals surface area contributed by atoms with E-state index in [1.54, 1.807) is 24.3 Å². The molecule has 0 saturated heterocycles. The molecule has 0 aromatic heterocycles. The molecule has 0 aliphatic carbocycles. The summed E-state index contributed by atoms with van der Waals surface area (Å²) in [7, 11) is 0. The van der Waals surface area contributed by atoms with E-state index in [0.717, 1.165) is 0 Å². The Balaban J connectivity index is 2.17. The van der Waals surface area contributed by atoms with E-state index >= 15 is 0 Å². The van der Waals surface area contributed by atoms with Gasteiger partial charge in [0.1, 0.15) is 12.4 Å². The molecule has 0 bridgehead atoms. The van der Waals surface area contributed by atoms with Gasteiger partial charge in [0, 0.05) is 12.6 Å². The van der Waals surface area contributed by atoms with Crippen molar-refractivity contribution in [3.8, 4) is 5.75 Å². The van der Waals surface area contributed by atoms with E-state index in [-0.39, 0.29) is 0 Å². The second kappa shape index (κ2) is 6.85. The maximum atomic E-state index is 11.2. The van der Waals surface area contributed by atoms with Gasteiger partial charge in [-0.1, -0.05) is 32.0 Å². The van der Waals surface area contributed by atoms with E-state index in [4.69, 9.17) is 9.47 Å². The van der Waals surface area contributed by atoms with Crippen LogP contribution in [-0.2, 0) is 4.74 Å². The molecule has 0 unspecified atom stereocenters. The number of hydrogen-bond donors (Lipinski definition) is 1. The van der Waals surface area contributed by atoms with E-state index in [1.807, 2.05) is 19.9 Å². The van der Waals surface area contributed by atoms with Gasteiger partial charge in [0.25, 0.3) is 0 Å². The number of carbonyl (C=O) groups excluding carboxylic acids is 1. The Morgan fingerprint density at radius 2 is 2.00 bits per heavy atom. The first-order valence-corrected chi connectivity index (χ1v) is 5.31. The number of rotatable bonds is 5. The number of ether oxygens (including phenoxy) is 2. The summed E-state index contributed by atoms with van der Waals surface area (Å²) in [6.45, 7) is 5.00. The van der Waals surface area contributed by atoms with Gasteiger partial charge in [0.05, 0.1) is 0 Å². The fourth-order valence-electron chi connectivity index (χ4n) is 1.10. The second-order valence-electron chi connectivity index (χ2n) is 3.62. The highest BCUT2D eigenvalue weighted by molar-refractivity contribution is 5.63. The molecule has 88 valence electrons. The van der Waals surface area contributed by atoms with Crippen molar-refractivity contribution in [2.24, 2.45) is 0 Å². The molecule has 0 fully saturated rings. The van der Waals surface area contributed by atoms with Crippen LogP contribution < -0.4 is 10.1 Å². The monoisotopic (exact) mass is 223 g/mol. The molecule has 16 heavy (non-hydrogen) atoms. The van der Waals surface area contributed by atoms with Crippen molar-refractivity contribution in [1.29, 1.82) is 0 Å². The Hall–Kier alpha value is -1.55. The largest absolute Gasteiger partial charge is 0.513 e. The zero-order chi connectivity index (χ0) is 11.8. The first-order chi connectivity index (χ1) is 7.68. The summed E-state index contributed by atoms with van der Waals surface area (Å²) in [5.74, 6) is 0.490. The zero-order valence-corrected chi connectivity index (χ0v) is 9.60. The molecule has 1 rings (SSSR count). The van der Waals surface area contributed by atoms with Gasteiger partial charge in [-0.25, -0.2) is 4.79 Å². The Kier molecular flexibility index (Phi) is 5.36. The standard InChI is InChI=1S/C12H17NO3/c1-10(2)13-8-9-15-12(14)16-11-6-4-3-5-7-11/h3-7,10,13H,8-9H2,1-2H3. The third-order valence-corrected chi connectivity index (χ3v) is 1.82. The maximum absolute atomic E-state index is 11.2. The number of para-hydroxylation sites is 1. The van der Waals surface area contributed by atoms with Crippen molar-refractivity contribution in [3.63, 3.8) is 0 Å². The summed E-state index contributed by atoms with van der Waals surface area (Å²) in [5.41, 5.74) is 0. The van der Waals surface area contributed by atoms with Gasteiger partial charge in [-0.3, -0.25) is 0 Å². The highest BCUT2D eigenvalue weighted by Crippen LogP contribution is 2.08. The lowest BCUT2D eigenvalue weighted by molar-refractivity contribution is 0.0992. The van der Waals surface area contributed by atoms with Crippen LogP contribution in [0.25, 0.3) is 0 Å². The summed E-state index contributed by atoms with van der Waals surface area (Å²) in [6.07, 6.45) is -0.670. The maximum Gasteiger partial charge on any atom is 0.513 e. The molecule has 4 heteroatoms. The molecule has 0 aliphatic rings. The fraction of sp³-hybridized carbons (Fsp3) is 0.417. The molecular weight excluding hydrogens is 206 g/mol. The first-order valence-electron chi connectivity index (χ1n) is 5.31. The second-order valence-corrected chi connectivity index (χ2v) is 3.62. The Morgan fingerprint density at radius 1 is 1.31 bits per heavy atom. The molecule has 0 radical (unpaired) electrons. The minimum atomic E-state index is -0.670. The molecule has 1 aromatic rings. The molecule has 0 amide bonds. The minimum absolute atomic E-state index is 0.309. The van der Waals surface area contributed by atoms with Crippen LogP contribution in [0.4, 0.5) is 4.79 Å². The van der Waals surface area contributed by atoms with Crippen molar-refractivity contribution >= 4 is 6.16 Å². The van der Waals surface area contributed by atoms with Gasteiger partial charge in [-0.15, -0.1) is 0 Å². The van der Waals surface area contributed by atoms with E-state index in [2.05, 4.69) is 5.32 Å². The van der Waals surface area contributed by atoms with Crippen molar-refractivity contribution in [1.82, 2.24) is 5.32 Å². The van der Waals surface area contributed by atoms with E-state index in [1.165, 1.54) is 0 Å². The summed E-state index contributed by atoms with van der Waals surface area (Å²) in [5, 5.41) is 3.13. The normalized spacial score (nSPS) is 10.2. The van der Waals surface area contributed by atoms with Gasteiger partial charge in [0.2, 0.25) is 0 Å². The lowest BCUT2D eigenvalue weighted by Gasteiger charge is -2.08. The summed E-state index contributed by atoms with van der Waals surface area (Å²) >= 11 is 0. The highest BCUT2D eigenvalue weighted by atomic mass is 16.7. The molecule has 1 N–H and O–H groups in total. The predicted molar refractivity (Wildman–Crippen MR) is 61.6 cm³/mol. The van der Waals surface area contributed by atoms with Crippen LogP contribution in [0.1, 0.15) is 13.8 Å². The van der Waals surface area contributed by atoms with Crippen LogP contribution in [-0.4, -0.2) is 25.3 Å². The molecule has 0 saturated carbocycles. The van der Waals surface area contributed by atoms with Gasteiger partial charge in [0.15, 0.2) is 0 Å². The molecule has 0 atom stereocenters. The van der Waals surface area contributed by atoms with E-state index in [0.29, 0.717) is 24.9 Å². The highest BCUT2D eigenvalue weighted by Gasteiger charge is 2.04. The van der Waals surface area contributed by atoms with Gasteiger partial charge < -0.3 is 14.8 Å². The number of carbonyl (C=O) groups is 1. The number of nitrogens with one attached hydrogen (secondary N) is 1. The quantitative estimate of drug-likeness (QED) is 0.472. The van der Waals surface area contributed by atoms with Crippen molar-refractivity contribution in [2.45, 2.75) is 19.9 Å². The summed E-state index contributed by atoms with van der Waals surface area (Å²) in [6, 6.07) is 9.23. The fourth-order valence-corrected chi connectivity index (χ4v) is 1.10. The van der Waals surface area contributed by atoms with Crippen LogP contribution in [0.2, 0.25) is 0 Å². The van der Waals surface area contributed by atoms with Crippen LogP contribution in [0.15, 0.2) is 30.3 Å². The molecule has 0 spiro atoms. The van der Waals surface area contributed by atoms with Crippen molar-refractivity contribution in [3.05, 3.63) is 30.3 Å². The van der Waals surface area contributed by atoms with E-state index in [9.17, 15) is 4.79 Å². The lowest BCUT2D eigenvalue weighted by Crippen LogP contribution is -2.28. The van der Waals surface area contributed by atoms with Crippen molar-refractivity contribution < 1.29 is 14.3 Å².